The number of amides is 1. The summed E-state index contributed by atoms with van der Waals surface area (Å²) in [6, 6.07) is 15.6. The van der Waals surface area contributed by atoms with Crippen LogP contribution in [0, 0.1) is 0 Å². The summed E-state index contributed by atoms with van der Waals surface area (Å²) in [5, 5.41) is 11.7. The van der Waals surface area contributed by atoms with Crippen molar-refractivity contribution in [2.75, 3.05) is 12.4 Å². The number of nitrogens with one attached hydrogen (secondary N) is 1. The molecular weight excluding hydrogens is 475 g/mol. The molecule has 0 saturated carbocycles. The van der Waals surface area contributed by atoms with Crippen molar-refractivity contribution in [2.45, 2.75) is 26.6 Å². The van der Waals surface area contributed by atoms with Crippen molar-refractivity contribution in [2.24, 2.45) is 0 Å². The monoisotopic (exact) mass is 501 g/mol. The minimum atomic E-state index is -4.40. The highest BCUT2D eigenvalue weighted by Gasteiger charge is 2.29. The van der Waals surface area contributed by atoms with E-state index in [4.69, 9.17) is 9.47 Å². The molecule has 190 valence electrons. The molecule has 0 aromatic heterocycles. The molecule has 0 aliphatic carbocycles. The Hall–Kier alpha value is -4.27. The lowest BCUT2D eigenvalue weighted by molar-refractivity contribution is -0.137. The van der Waals surface area contributed by atoms with Crippen LogP contribution in [0.3, 0.4) is 0 Å². The second-order valence-corrected chi connectivity index (χ2v) is 7.07. The van der Waals surface area contributed by atoms with E-state index in [1.165, 1.54) is 43.5 Å². The number of carboxylic acid groups (broad SMARTS) is 1. The predicted molar refractivity (Wildman–Crippen MR) is 131 cm³/mol. The molecule has 3 aromatic rings. The van der Waals surface area contributed by atoms with Crippen LogP contribution in [-0.2, 0) is 17.6 Å². The van der Waals surface area contributed by atoms with Crippen molar-refractivity contribution >= 4 is 23.6 Å². The number of carboxylic acids is 1. The summed E-state index contributed by atoms with van der Waals surface area (Å²) in [7, 11) is 1.43. The van der Waals surface area contributed by atoms with Gasteiger partial charge in [0.25, 0.3) is 0 Å². The van der Waals surface area contributed by atoms with Crippen LogP contribution >= 0.6 is 0 Å². The topological polar surface area (TPSA) is 84.9 Å². The molecule has 0 bridgehead atoms. The van der Waals surface area contributed by atoms with Gasteiger partial charge in [0.1, 0.15) is 6.61 Å². The number of ether oxygens (including phenoxy) is 2. The van der Waals surface area contributed by atoms with E-state index in [2.05, 4.69) is 5.32 Å². The fourth-order valence-corrected chi connectivity index (χ4v) is 2.98. The SMILES string of the molecule is CC.COc1cc(/C=C/C(=O)Nc2ccccc2C(=O)O)ccc1OCc1ccc(C(F)(F)F)cc1. The van der Waals surface area contributed by atoms with Gasteiger partial charge in [0.2, 0.25) is 5.91 Å². The second kappa shape index (κ2) is 13.0. The number of halogens is 3. The number of hydrogen-bond donors (Lipinski definition) is 2. The molecule has 36 heavy (non-hydrogen) atoms. The molecule has 0 aliphatic heterocycles. The minimum Gasteiger partial charge on any atom is -0.493 e. The third kappa shape index (κ3) is 7.90. The summed E-state index contributed by atoms with van der Waals surface area (Å²) in [5.74, 6) is -0.933. The van der Waals surface area contributed by atoms with E-state index in [1.54, 1.807) is 30.3 Å². The number of carbonyl (C=O) groups excluding carboxylic acids is 1. The van der Waals surface area contributed by atoms with Gasteiger partial charge in [-0.2, -0.15) is 13.2 Å². The zero-order chi connectivity index (χ0) is 26.7. The summed E-state index contributed by atoms with van der Waals surface area (Å²) >= 11 is 0. The number of carbonyl (C=O) groups is 2. The molecule has 0 radical (unpaired) electrons. The third-order valence-electron chi connectivity index (χ3n) is 4.71. The Morgan fingerprint density at radius 3 is 2.25 bits per heavy atom. The first kappa shape index (κ1) is 28.0. The zero-order valence-corrected chi connectivity index (χ0v) is 19.9. The summed E-state index contributed by atoms with van der Waals surface area (Å²) in [6.07, 6.45) is -1.64. The average Bonchev–Trinajstić information content (AvgIpc) is 2.87. The molecule has 0 spiro atoms. The highest BCUT2D eigenvalue weighted by atomic mass is 19.4. The molecule has 2 N–H and O–H groups in total. The van der Waals surface area contributed by atoms with E-state index in [9.17, 15) is 27.9 Å². The molecule has 0 aliphatic rings. The van der Waals surface area contributed by atoms with Gasteiger partial charge >= 0.3 is 12.1 Å². The van der Waals surface area contributed by atoms with Crippen LogP contribution in [0.2, 0.25) is 0 Å². The Morgan fingerprint density at radius 2 is 1.64 bits per heavy atom. The maximum atomic E-state index is 12.7. The highest BCUT2D eigenvalue weighted by molar-refractivity contribution is 6.06. The Balaban J connectivity index is 0.00000222. The molecule has 3 rings (SSSR count). The quantitative estimate of drug-likeness (QED) is 0.337. The summed E-state index contributed by atoms with van der Waals surface area (Å²) in [4.78, 5) is 23.5. The maximum Gasteiger partial charge on any atom is 0.416 e. The Morgan fingerprint density at radius 1 is 0.972 bits per heavy atom. The lowest BCUT2D eigenvalue weighted by atomic mass is 10.1. The molecule has 0 unspecified atom stereocenters. The van der Waals surface area contributed by atoms with Crippen LogP contribution in [0.15, 0.2) is 72.8 Å². The van der Waals surface area contributed by atoms with Gasteiger partial charge in [-0.1, -0.05) is 44.2 Å². The predicted octanol–water partition coefficient (Wildman–Crippen LogP) is 6.67. The normalized spacial score (nSPS) is 10.8. The van der Waals surface area contributed by atoms with Crippen molar-refractivity contribution in [3.63, 3.8) is 0 Å². The lowest BCUT2D eigenvalue weighted by Crippen LogP contribution is -2.11. The Kier molecular flexibility index (Phi) is 10.1. The highest BCUT2D eigenvalue weighted by Crippen LogP contribution is 2.31. The molecule has 0 atom stereocenters. The van der Waals surface area contributed by atoms with Crippen LogP contribution in [0.1, 0.15) is 40.9 Å². The van der Waals surface area contributed by atoms with Gasteiger partial charge in [-0.25, -0.2) is 4.79 Å². The molecule has 0 fully saturated rings. The lowest BCUT2D eigenvalue weighted by Gasteiger charge is -2.12. The Labute approximate surface area is 207 Å². The molecule has 1 amide bonds. The van der Waals surface area contributed by atoms with Crippen LogP contribution in [-0.4, -0.2) is 24.1 Å². The number of methoxy groups -OCH3 is 1. The van der Waals surface area contributed by atoms with E-state index in [0.717, 1.165) is 12.1 Å². The number of aromatic carboxylic acids is 1. The van der Waals surface area contributed by atoms with E-state index in [-0.39, 0.29) is 17.9 Å². The standard InChI is InChI=1S/C25H20F3NO5.C2H6/c1-33-22-14-16(9-13-23(30)29-20-5-3-2-4-19(20)24(31)32)8-12-21(22)34-15-17-6-10-18(11-7-17)25(26,27)28;1-2/h2-14H,15H2,1H3,(H,29,30)(H,31,32);1-2H3/b13-9+;. The van der Waals surface area contributed by atoms with Crippen LogP contribution in [0.25, 0.3) is 6.08 Å². The zero-order valence-electron chi connectivity index (χ0n) is 19.9. The summed E-state index contributed by atoms with van der Waals surface area (Å²) in [6.45, 7) is 4.04. The summed E-state index contributed by atoms with van der Waals surface area (Å²) < 4.78 is 49.0. The first-order valence-corrected chi connectivity index (χ1v) is 11.0. The van der Waals surface area contributed by atoms with Gasteiger partial charge in [-0.05, 0) is 53.6 Å². The second-order valence-electron chi connectivity index (χ2n) is 7.07. The van der Waals surface area contributed by atoms with E-state index < -0.39 is 23.6 Å². The van der Waals surface area contributed by atoms with Crippen LogP contribution in [0.5, 0.6) is 11.5 Å². The van der Waals surface area contributed by atoms with Gasteiger partial charge in [0.15, 0.2) is 11.5 Å². The molecule has 0 saturated heterocycles. The molecule has 3 aromatic carbocycles. The maximum absolute atomic E-state index is 12.7. The Bertz CT molecular complexity index is 1200. The minimum absolute atomic E-state index is 0.0273. The van der Waals surface area contributed by atoms with E-state index >= 15 is 0 Å². The number of alkyl halides is 3. The number of rotatable bonds is 8. The molecule has 9 heteroatoms. The molecular formula is C27H26F3NO5. The van der Waals surface area contributed by atoms with Gasteiger partial charge in [0.05, 0.1) is 23.9 Å². The number of anilines is 1. The first-order chi connectivity index (χ1) is 17.2. The first-order valence-electron chi connectivity index (χ1n) is 11.0. The number of para-hydroxylation sites is 1. The fraction of sp³-hybridized carbons (Fsp3) is 0.185. The molecule has 6 nitrogen and oxygen atoms in total. The van der Waals surface area contributed by atoms with Crippen LogP contribution in [0.4, 0.5) is 18.9 Å². The van der Waals surface area contributed by atoms with E-state index in [1.807, 2.05) is 13.8 Å². The van der Waals surface area contributed by atoms with Crippen molar-refractivity contribution in [1.29, 1.82) is 0 Å². The van der Waals surface area contributed by atoms with Crippen molar-refractivity contribution in [3.05, 3.63) is 95.1 Å². The molecule has 0 heterocycles. The number of hydrogen-bond acceptors (Lipinski definition) is 4. The third-order valence-corrected chi connectivity index (χ3v) is 4.71. The van der Waals surface area contributed by atoms with E-state index in [0.29, 0.717) is 22.6 Å². The van der Waals surface area contributed by atoms with Crippen molar-refractivity contribution in [1.82, 2.24) is 0 Å². The van der Waals surface area contributed by atoms with Gasteiger partial charge < -0.3 is 19.9 Å². The summed E-state index contributed by atoms with van der Waals surface area (Å²) in [5.41, 5.74) is 0.577. The van der Waals surface area contributed by atoms with Crippen molar-refractivity contribution in [3.8, 4) is 11.5 Å². The van der Waals surface area contributed by atoms with Gasteiger partial charge in [-0.15, -0.1) is 0 Å². The smallest absolute Gasteiger partial charge is 0.416 e. The van der Waals surface area contributed by atoms with Crippen LogP contribution < -0.4 is 14.8 Å². The van der Waals surface area contributed by atoms with Crippen molar-refractivity contribution < 1.29 is 37.3 Å². The fourth-order valence-electron chi connectivity index (χ4n) is 2.98. The van der Waals surface area contributed by atoms with Gasteiger partial charge in [0, 0.05) is 6.08 Å². The van der Waals surface area contributed by atoms with Gasteiger partial charge in [-0.3, -0.25) is 4.79 Å². The average molecular weight is 502 g/mol. The largest absolute Gasteiger partial charge is 0.493 e. The number of benzene rings is 3.